The molecule has 0 saturated carbocycles. The molecular weight excluding hydrogens is 254 g/mol. The summed E-state index contributed by atoms with van der Waals surface area (Å²) in [6, 6.07) is 0. The van der Waals surface area contributed by atoms with Crippen molar-refractivity contribution < 1.29 is 20.1 Å². The van der Waals surface area contributed by atoms with Gasteiger partial charge < -0.3 is 20.2 Å². The molecule has 1 heterocycles. The van der Waals surface area contributed by atoms with Crippen LogP contribution in [0, 0.1) is 0 Å². The average Bonchev–Trinajstić information content (AvgIpc) is 2.51. The van der Waals surface area contributed by atoms with E-state index in [9.17, 15) is 4.79 Å². The molecule has 1 rings (SSSR count). The van der Waals surface area contributed by atoms with Crippen molar-refractivity contribution in [2.45, 2.75) is 16.8 Å². The number of carbonyl (C=O) groups is 1. The van der Waals surface area contributed by atoms with Gasteiger partial charge >= 0.3 is 0 Å². The lowest BCUT2D eigenvalue weighted by Gasteiger charge is -2.37. The van der Waals surface area contributed by atoms with E-state index < -0.39 is 25.4 Å². The van der Waals surface area contributed by atoms with Crippen LogP contribution in [0.2, 0.25) is 0 Å². The van der Waals surface area contributed by atoms with Crippen LogP contribution in [-0.2, 0) is 4.79 Å². The van der Waals surface area contributed by atoms with Crippen molar-refractivity contribution in [2.75, 3.05) is 26.4 Å². The number of halogens is 1. The van der Waals surface area contributed by atoms with Crippen molar-refractivity contribution in [1.29, 1.82) is 0 Å². The summed E-state index contributed by atoms with van der Waals surface area (Å²) in [4.78, 5) is 12.8. The molecule has 1 amide bonds. The van der Waals surface area contributed by atoms with Gasteiger partial charge in [-0.05, 0) is 0 Å². The Kier molecular flexibility index (Phi) is 3.88. The third-order valence-corrected chi connectivity index (χ3v) is 3.15. The first-order chi connectivity index (χ1) is 6.59. The third-order valence-electron chi connectivity index (χ3n) is 2.53. The van der Waals surface area contributed by atoms with E-state index in [1.807, 2.05) is 0 Å². The molecule has 0 aromatic rings. The van der Waals surface area contributed by atoms with E-state index in [0.29, 0.717) is 13.0 Å². The zero-order valence-electron chi connectivity index (χ0n) is 7.69. The van der Waals surface area contributed by atoms with E-state index in [4.69, 9.17) is 15.3 Å². The number of aliphatic hydroxyl groups excluding tert-OH is 3. The van der Waals surface area contributed by atoms with Gasteiger partial charge in [-0.1, -0.05) is 15.9 Å². The minimum absolute atomic E-state index is 0.0269. The third kappa shape index (κ3) is 1.93. The Morgan fingerprint density at radius 1 is 1.36 bits per heavy atom. The van der Waals surface area contributed by atoms with E-state index in [1.165, 1.54) is 4.90 Å². The molecule has 6 heteroatoms. The number of nitrogens with zero attached hydrogens (tertiary/aromatic N) is 1. The van der Waals surface area contributed by atoms with Gasteiger partial charge in [-0.3, -0.25) is 4.79 Å². The molecule has 14 heavy (non-hydrogen) atoms. The van der Waals surface area contributed by atoms with Gasteiger partial charge in [-0.2, -0.15) is 0 Å². The Bertz CT molecular complexity index is 211. The maximum absolute atomic E-state index is 11.5. The first-order valence-electron chi connectivity index (χ1n) is 4.37. The summed E-state index contributed by atoms with van der Waals surface area (Å²) in [6.45, 7) is -0.914. The van der Waals surface area contributed by atoms with Crippen LogP contribution in [0.1, 0.15) is 6.42 Å². The molecule has 0 aromatic heterocycles. The Morgan fingerprint density at radius 3 is 2.14 bits per heavy atom. The second kappa shape index (κ2) is 4.57. The molecule has 0 radical (unpaired) electrons. The number of alkyl halides is 1. The molecule has 1 aliphatic rings. The Labute approximate surface area is 90.5 Å². The summed E-state index contributed by atoms with van der Waals surface area (Å²) in [7, 11) is 0. The van der Waals surface area contributed by atoms with Gasteiger partial charge in [0.05, 0.1) is 19.8 Å². The highest BCUT2D eigenvalue weighted by atomic mass is 79.9. The van der Waals surface area contributed by atoms with Crippen molar-refractivity contribution in [3.8, 4) is 0 Å². The highest BCUT2D eigenvalue weighted by molar-refractivity contribution is 9.09. The van der Waals surface area contributed by atoms with Crippen molar-refractivity contribution in [2.24, 2.45) is 0 Å². The molecule has 0 aliphatic carbocycles. The van der Waals surface area contributed by atoms with Crippen molar-refractivity contribution in [3.05, 3.63) is 0 Å². The van der Waals surface area contributed by atoms with Gasteiger partial charge in [0.15, 0.2) is 0 Å². The molecule has 0 spiro atoms. The predicted octanol–water partition coefficient (Wildman–Crippen LogP) is -1.30. The molecule has 3 N–H and O–H groups in total. The minimum atomic E-state index is -1.22. The van der Waals surface area contributed by atoms with Crippen LogP contribution in [0.25, 0.3) is 0 Å². The van der Waals surface area contributed by atoms with Crippen LogP contribution in [0.15, 0.2) is 0 Å². The lowest BCUT2D eigenvalue weighted by Crippen LogP contribution is -2.57. The van der Waals surface area contributed by atoms with Gasteiger partial charge in [-0.25, -0.2) is 0 Å². The maximum atomic E-state index is 11.5. The maximum Gasteiger partial charge on any atom is 0.224 e. The van der Waals surface area contributed by atoms with E-state index in [0.717, 1.165) is 0 Å². The summed E-state index contributed by atoms with van der Waals surface area (Å²) in [5.41, 5.74) is -1.22. The summed E-state index contributed by atoms with van der Waals surface area (Å²) >= 11 is 3.29. The highest BCUT2D eigenvalue weighted by Crippen LogP contribution is 2.25. The summed E-state index contributed by atoms with van der Waals surface area (Å²) in [5, 5.41) is 27.3. The van der Waals surface area contributed by atoms with Crippen LogP contribution in [0.5, 0.6) is 0 Å². The van der Waals surface area contributed by atoms with Gasteiger partial charge in [0.2, 0.25) is 5.91 Å². The van der Waals surface area contributed by atoms with E-state index in [2.05, 4.69) is 15.9 Å². The Morgan fingerprint density at radius 2 is 1.86 bits per heavy atom. The molecule has 0 aromatic carbocycles. The normalized spacial score (nSPS) is 23.3. The molecule has 1 fully saturated rings. The average molecular weight is 268 g/mol. The van der Waals surface area contributed by atoms with E-state index >= 15 is 0 Å². The summed E-state index contributed by atoms with van der Waals surface area (Å²) in [6.07, 6.45) is 0.335. The first-order valence-corrected chi connectivity index (χ1v) is 5.28. The number of likely N-dealkylation sites (tertiary alicyclic amines) is 1. The topological polar surface area (TPSA) is 81.0 Å². The second-order valence-electron chi connectivity index (χ2n) is 3.50. The number of aliphatic hydroxyl groups is 3. The molecule has 82 valence electrons. The molecule has 1 aliphatic heterocycles. The zero-order valence-corrected chi connectivity index (χ0v) is 9.27. The lowest BCUT2D eigenvalue weighted by molar-refractivity contribution is -0.140. The largest absolute Gasteiger partial charge is 0.394 e. The lowest BCUT2D eigenvalue weighted by atomic mass is 10.0. The monoisotopic (exact) mass is 267 g/mol. The second-order valence-corrected chi connectivity index (χ2v) is 4.80. The fourth-order valence-corrected chi connectivity index (χ4v) is 2.09. The van der Waals surface area contributed by atoms with Crippen molar-refractivity contribution in [1.82, 2.24) is 4.90 Å². The molecule has 1 atom stereocenters. The number of hydrogen-bond acceptors (Lipinski definition) is 4. The van der Waals surface area contributed by atoms with E-state index in [-0.39, 0.29) is 10.7 Å². The summed E-state index contributed by atoms with van der Waals surface area (Å²) in [5.74, 6) is -0.163. The molecule has 5 nitrogen and oxygen atoms in total. The number of carbonyl (C=O) groups excluding carboxylic acids is 1. The first kappa shape index (κ1) is 11.9. The minimum Gasteiger partial charge on any atom is -0.394 e. The zero-order chi connectivity index (χ0) is 10.8. The number of amides is 1. The fourth-order valence-electron chi connectivity index (χ4n) is 1.53. The van der Waals surface area contributed by atoms with Crippen LogP contribution in [0.4, 0.5) is 0 Å². The quantitative estimate of drug-likeness (QED) is 0.553. The molecule has 0 bridgehead atoms. The predicted molar refractivity (Wildman–Crippen MR) is 53.0 cm³/mol. The number of rotatable bonds is 4. The van der Waals surface area contributed by atoms with Crippen LogP contribution >= 0.6 is 15.9 Å². The molecule has 1 unspecified atom stereocenters. The van der Waals surface area contributed by atoms with Gasteiger partial charge in [0.1, 0.15) is 5.54 Å². The van der Waals surface area contributed by atoms with Gasteiger partial charge in [-0.15, -0.1) is 0 Å². The fraction of sp³-hybridized carbons (Fsp3) is 0.875. The standard InChI is InChI=1S/C8H14BrNO4/c9-6-1-7(14)10(2-6)8(3-11,4-12)5-13/h6,11-13H,1-5H2. The van der Waals surface area contributed by atoms with Crippen LogP contribution in [0.3, 0.4) is 0 Å². The van der Waals surface area contributed by atoms with Crippen LogP contribution < -0.4 is 0 Å². The van der Waals surface area contributed by atoms with Crippen LogP contribution in [-0.4, -0.2) is 62.9 Å². The Hall–Kier alpha value is -0.170. The number of hydrogen-bond donors (Lipinski definition) is 3. The SMILES string of the molecule is O=C1CC(Br)CN1C(CO)(CO)CO. The van der Waals surface area contributed by atoms with Crippen molar-refractivity contribution in [3.63, 3.8) is 0 Å². The highest BCUT2D eigenvalue weighted by Gasteiger charge is 2.43. The Balaban J connectivity index is 2.83. The van der Waals surface area contributed by atoms with Gasteiger partial charge in [0, 0.05) is 17.8 Å². The smallest absolute Gasteiger partial charge is 0.224 e. The van der Waals surface area contributed by atoms with E-state index in [1.54, 1.807) is 0 Å². The summed E-state index contributed by atoms with van der Waals surface area (Å²) < 4.78 is 0. The van der Waals surface area contributed by atoms with Gasteiger partial charge in [0.25, 0.3) is 0 Å². The van der Waals surface area contributed by atoms with Crippen molar-refractivity contribution >= 4 is 21.8 Å². The molecular formula is C8H14BrNO4. The molecule has 1 saturated heterocycles.